The number of hydrogen-bond donors (Lipinski definition) is 1. The number of phenolic OH excluding ortho intramolecular Hbond substituents is 1. The second-order valence-corrected chi connectivity index (χ2v) is 9.44. The summed E-state index contributed by atoms with van der Waals surface area (Å²) in [5.41, 5.74) is 5.18. The van der Waals surface area contributed by atoms with Gasteiger partial charge in [-0.2, -0.15) is 0 Å². The Morgan fingerprint density at radius 3 is 2.52 bits per heavy atom. The zero-order chi connectivity index (χ0) is 22.6. The minimum absolute atomic E-state index is 0.196. The van der Waals surface area contributed by atoms with E-state index in [4.69, 9.17) is 4.74 Å². The highest BCUT2D eigenvalue weighted by Gasteiger charge is 2.32. The topological polar surface area (TPSA) is 32.7 Å². The smallest absolute Gasteiger partial charge is 0.119 e. The van der Waals surface area contributed by atoms with Crippen LogP contribution in [0, 0.1) is 5.92 Å². The fourth-order valence-corrected chi connectivity index (χ4v) is 5.58. The summed E-state index contributed by atoms with van der Waals surface area (Å²) in [6.07, 6.45) is 2.98. The summed E-state index contributed by atoms with van der Waals surface area (Å²) in [7, 11) is 0. The van der Waals surface area contributed by atoms with Crippen LogP contribution in [-0.4, -0.2) is 42.9 Å². The molecule has 0 aromatic heterocycles. The minimum Gasteiger partial charge on any atom is -0.508 e. The van der Waals surface area contributed by atoms with Gasteiger partial charge in [0.2, 0.25) is 0 Å². The molecule has 4 heteroatoms. The fourth-order valence-electron chi connectivity index (χ4n) is 5.58. The van der Waals surface area contributed by atoms with Crippen LogP contribution in [0.4, 0.5) is 4.39 Å². The third-order valence-electron chi connectivity index (χ3n) is 7.32. The van der Waals surface area contributed by atoms with Crippen molar-refractivity contribution in [3.8, 4) is 11.5 Å². The molecule has 1 N–H and O–H groups in total. The summed E-state index contributed by atoms with van der Waals surface area (Å²) in [4.78, 5) is 2.29. The molecule has 5 rings (SSSR count). The molecule has 3 aromatic rings. The van der Waals surface area contributed by atoms with E-state index in [0.29, 0.717) is 18.3 Å². The largest absolute Gasteiger partial charge is 0.508 e. The Kier molecular flexibility index (Phi) is 6.63. The van der Waals surface area contributed by atoms with Gasteiger partial charge >= 0.3 is 0 Å². The van der Waals surface area contributed by atoms with Crippen molar-refractivity contribution in [2.45, 2.75) is 31.1 Å². The molecule has 3 aromatic carbocycles. The van der Waals surface area contributed by atoms with E-state index in [9.17, 15) is 9.50 Å². The summed E-state index contributed by atoms with van der Waals surface area (Å²) >= 11 is 0. The van der Waals surface area contributed by atoms with Crippen molar-refractivity contribution in [3.05, 3.63) is 95.1 Å². The number of likely N-dealkylation sites (tertiary alicyclic amines) is 1. The number of aromatic hydroxyl groups is 1. The van der Waals surface area contributed by atoms with Crippen LogP contribution in [0.5, 0.6) is 11.5 Å². The lowest BCUT2D eigenvalue weighted by molar-refractivity contribution is 0.228. The first kappa shape index (κ1) is 22.0. The molecule has 1 saturated heterocycles. The van der Waals surface area contributed by atoms with Crippen LogP contribution in [0.1, 0.15) is 46.9 Å². The highest BCUT2D eigenvalue weighted by Crippen LogP contribution is 2.47. The molecule has 3 atom stereocenters. The second kappa shape index (κ2) is 9.96. The molecular weight excluding hydrogens is 413 g/mol. The summed E-state index contributed by atoms with van der Waals surface area (Å²) < 4.78 is 18.8. The number of alkyl halides is 1. The normalized spacial score (nSPS) is 22.8. The maximum atomic E-state index is 12.8. The Hall–Kier alpha value is -2.85. The summed E-state index contributed by atoms with van der Waals surface area (Å²) in [6.45, 7) is 3.06. The minimum atomic E-state index is -0.216. The maximum absolute atomic E-state index is 12.8. The number of benzene rings is 3. The van der Waals surface area contributed by atoms with E-state index in [1.165, 1.54) is 22.3 Å². The molecule has 0 saturated carbocycles. The van der Waals surface area contributed by atoms with Gasteiger partial charge in [-0.25, -0.2) is 0 Å². The van der Waals surface area contributed by atoms with E-state index in [2.05, 4.69) is 65.6 Å². The van der Waals surface area contributed by atoms with Gasteiger partial charge in [0.1, 0.15) is 18.1 Å². The van der Waals surface area contributed by atoms with E-state index in [0.717, 1.165) is 44.6 Å². The van der Waals surface area contributed by atoms with Crippen LogP contribution in [0.15, 0.2) is 72.8 Å². The first-order valence-corrected chi connectivity index (χ1v) is 12.1. The van der Waals surface area contributed by atoms with Crippen molar-refractivity contribution in [2.24, 2.45) is 5.92 Å². The van der Waals surface area contributed by atoms with Crippen molar-refractivity contribution < 1.29 is 14.2 Å². The van der Waals surface area contributed by atoms with Crippen LogP contribution in [0.2, 0.25) is 0 Å². The van der Waals surface area contributed by atoms with Crippen LogP contribution < -0.4 is 4.74 Å². The van der Waals surface area contributed by atoms with E-state index in [-0.39, 0.29) is 18.5 Å². The summed E-state index contributed by atoms with van der Waals surface area (Å²) in [6, 6.07) is 25.1. The first-order valence-electron chi connectivity index (χ1n) is 12.1. The molecule has 1 unspecified atom stereocenters. The molecule has 172 valence electrons. The van der Waals surface area contributed by atoms with Crippen molar-refractivity contribution in [1.82, 2.24) is 4.90 Å². The molecule has 0 bridgehead atoms. The summed E-state index contributed by atoms with van der Waals surface area (Å²) in [5.74, 6) is 2.05. The van der Waals surface area contributed by atoms with Crippen molar-refractivity contribution >= 4 is 0 Å². The first-order chi connectivity index (χ1) is 16.2. The molecule has 1 fully saturated rings. The van der Waals surface area contributed by atoms with Gasteiger partial charge in [0.25, 0.3) is 0 Å². The number of phenols is 1. The predicted octanol–water partition coefficient (Wildman–Crippen LogP) is 5.92. The number of aryl methyl sites for hydroxylation is 1. The van der Waals surface area contributed by atoms with Gasteiger partial charge in [0.15, 0.2) is 0 Å². The average molecular weight is 446 g/mol. The van der Waals surface area contributed by atoms with Gasteiger partial charge in [0, 0.05) is 24.9 Å². The highest BCUT2D eigenvalue weighted by atomic mass is 19.1. The van der Waals surface area contributed by atoms with Gasteiger partial charge in [-0.1, -0.05) is 48.5 Å². The standard InChI is InChI=1S/C29H32FNO2/c30-19-21-14-15-31(20-21)16-17-33-26-10-6-23(7-11-26)29-27(22-4-2-1-3-5-22)12-8-24-18-25(32)9-13-28(24)29/h1-7,9-11,13,18,21,27,29,32H,8,12,14-17,19-20H2/t21?,27-,29+/m1/s1. The van der Waals surface area contributed by atoms with Gasteiger partial charge < -0.3 is 9.84 Å². The Labute approximate surface area is 195 Å². The van der Waals surface area contributed by atoms with Crippen LogP contribution in [0.25, 0.3) is 0 Å². The van der Waals surface area contributed by atoms with Crippen LogP contribution in [0.3, 0.4) is 0 Å². The number of ether oxygens (including phenoxy) is 1. The monoisotopic (exact) mass is 445 g/mol. The van der Waals surface area contributed by atoms with Gasteiger partial charge in [-0.3, -0.25) is 9.29 Å². The average Bonchev–Trinajstić information content (AvgIpc) is 3.32. The lowest BCUT2D eigenvalue weighted by Gasteiger charge is -2.35. The summed E-state index contributed by atoms with van der Waals surface area (Å²) in [5, 5.41) is 10.0. The van der Waals surface area contributed by atoms with E-state index in [1.54, 1.807) is 0 Å². The SMILES string of the molecule is Oc1ccc2c(c1)CC[C@H](c1ccccc1)[C@@H]2c1ccc(OCCN2CCC(CF)C2)cc1. The highest BCUT2D eigenvalue weighted by molar-refractivity contribution is 5.48. The van der Waals surface area contributed by atoms with Gasteiger partial charge in [-0.05, 0) is 78.2 Å². The number of hydrogen-bond acceptors (Lipinski definition) is 3. The second-order valence-electron chi connectivity index (χ2n) is 9.44. The third kappa shape index (κ3) is 4.91. The molecule has 2 aliphatic rings. The molecule has 1 aliphatic heterocycles. The third-order valence-corrected chi connectivity index (χ3v) is 7.32. The number of rotatable bonds is 7. The van der Waals surface area contributed by atoms with Gasteiger partial charge in [-0.15, -0.1) is 0 Å². The molecule has 0 amide bonds. The van der Waals surface area contributed by atoms with E-state index >= 15 is 0 Å². The van der Waals surface area contributed by atoms with Gasteiger partial charge in [0.05, 0.1) is 6.67 Å². The predicted molar refractivity (Wildman–Crippen MR) is 130 cm³/mol. The fraction of sp³-hybridized carbons (Fsp3) is 0.379. The molecule has 0 radical (unpaired) electrons. The van der Waals surface area contributed by atoms with Crippen LogP contribution in [-0.2, 0) is 6.42 Å². The number of fused-ring (bicyclic) bond motifs is 1. The lowest BCUT2D eigenvalue weighted by atomic mass is 9.69. The Morgan fingerprint density at radius 2 is 1.76 bits per heavy atom. The molecule has 1 aliphatic carbocycles. The zero-order valence-corrected chi connectivity index (χ0v) is 19.0. The Bertz CT molecular complexity index is 1050. The number of halogens is 1. The van der Waals surface area contributed by atoms with Crippen molar-refractivity contribution in [3.63, 3.8) is 0 Å². The Balaban J connectivity index is 1.32. The van der Waals surface area contributed by atoms with E-state index < -0.39 is 0 Å². The zero-order valence-electron chi connectivity index (χ0n) is 19.0. The van der Waals surface area contributed by atoms with E-state index in [1.807, 2.05) is 12.1 Å². The molecule has 1 heterocycles. The number of nitrogens with zero attached hydrogens (tertiary/aromatic N) is 1. The molecule has 33 heavy (non-hydrogen) atoms. The van der Waals surface area contributed by atoms with Crippen LogP contribution >= 0.6 is 0 Å². The molecular formula is C29H32FNO2. The van der Waals surface area contributed by atoms with Crippen molar-refractivity contribution in [1.29, 1.82) is 0 Å². The van der Waals surface area contributed by atoms with Crippen molar-refractivity contribution in [2.75, 3.05) is 32.9 Å². The lowest BCUT2D eigenvalue weighted by Crippen LogP contribution is -2.26. The Morgan fingerprint density at radius 1 is 0.939 bits per heavy atom. The maximum Gasteiger partial charge on any atom is 0.119 e. The molecule has 3 nitrogen and oxygen atoms in total. The quantitative estimate of drug-likeness (QED) is 0.490. The molecule has 0 spiro atoms.